The van der Waals surface area contributed by atoms with Crippen molar-refractivity contribution in [3.63, 3.8) is 0 Å². The average molecular weight is 422 g/mol. The van der Waals surface area contributed by atoms with Crippen molar-refractivity contribution < 1.29 is 18.0 Å². The lowest BCUT2D eigenvalue weighted by Gasteiger charge is -2.56. The maximum absolute atomic E-state index is 12.7. The van der Waals surface area contributed by atoms with Crippen molar-refractivity contribution in [2.24, 2.45) is 17.6 Å². The third-order valence-corrected chi connectivity index (χ3v) is 7.10. The minimum Gasteiger partial charge on any atom is -0.366 e. The van der Waals surface area contributed by atoms with E-state index in [4.69, 9.17) is 5.73 Å². The maximum Gasteiger partial charge on any atom is 0.250 e. The van der Waals surface area contributed by atoms with Crippen LogP contribution in [0.2, 0.25) is 0 Å². The number of primary amides is 1. The van der Waals surface area contributed by atoms with Crippen LogP contribution in [0.3, 0.4) is 0 Å². The lowest BCUT2D eigenvalue weighted by molar-refractivity contribution is -0.148. The highest BCUT2D eigenvalue weighted by molar-refractivity contribution is 7.88. The van der Waals surface area contributed by atoms with E-state index in [0.717, 1.165) is 37.9 Å². The van der Waals surface area contributed by atoms with Gasteiger partial charge in [-0.25, -0.2) is 18.1 Å². The third kappa shape index (κ3) is 4.09. The smallest absolute Gasteiger partial charge is 0.250 e. The van der Waals surface area contributed by atoms with Crippen molar-refractivity contribution in [2.75, 3.05) is 30.8 Å². The molecule has 3 N–H and O–H groups in total. The predicted octanol–water partition coefficient (Wildman–Crippen LogP) is -0.0645. The van der Waals surface area contributed by atoms with Crippen molar-refractivity contribution in [1.29, 1.82) is 0 Å². The number of fused-ring (bicyclic) bond motifs is 4. The van der Waals surface area contributed by atoms with E-state index in [1.807, 2.05) is 4.90 Å². The van der Waals surface area contributed by atoms with Gasteiger partial charge in [-0.2, -0.15) is 0 Å². The number of hydrogen-bond donors (Lipinski definition) is 2. The molecule has 0 spiro atoms. The first-order chi connectivity index (χ1) is 13.7. The number of rotatable bonds is 5. The van der Waals surface area contributed by atoms with Crippen molar-refractivity contribution in [1.82, 2.24) is 14.6 Å². The molecule has 4 atom stereocenters. The zero-order valence-corrected chi connectivity index (χ0v) is 17.3. The molecule has 2 amide bonds. The normalized spacial score (nSPS) is 29.5. The van der Waals surface area contributed by atoms with Gasteiger partial charge in [0.15, 0.2) is 0 Å². The number of amides is 2. The number of nitrogens with zero attached hydrogens (tertiary/aromatic N) is 3. The van der Waals surface area contributed by atoms with E-state index in [1.165, 1.54) is 6.20 Å². The van der Waals surface area contributed by atoms with E-state index in [9.17, 15) is 18.0 Å². The Morgan fingerprint density at radius 3 is 2.72 bits per heavy atom. The lowest BCUT2D eigenvalue weighted by Crippen LogP contribution is -2.67. The predicted molar refractivity (Wildman–Crippen MR) is 108 cm³/mol. The van der Waals surface area contributed by atoms with E-state index in [2.05, 4.69) is 14.6 Å². The second-order valence-electron chi connectivity index (χ2n) is 8.38. The molecule has 29 heavy (non-hydrogen) atoms. The largest absolute Gasteiger partial charge is 0.366 e. The summed E-state index contributed by atoms with van der Waals surface area (Å²) in [6.45, 7) is 1.71. The summed E-state index contributed by atoms with van der Waals surface area (Å²) in [5.41, 5.74) is 5.67. The van der Waals surface area contributed by atoms with Gasteiger partial charge in [0.05, 0.1) is 17.9 Å². The van der Waals surface area contributed by atoms with Gasteiger partial charge in [-0.15, -0.1) is 0 Å². The van der Waals surface area contributed by atoms with Crippen molar-refractivity contribution in [3.05, 3.63) is 23.9 Å². The topological polar surface area (TPSA) is 126 Å². The molecule has 3 fully saturated rings. The summed E-state index contributed by atoms with van der Waals surface area (Å²) >= 11 is 0. The van der Waals surface area contributed by atoms with Crippen LogP contribution in [0, 0.1) is 11.8 Å². The molecule has 1 aromatic rings. The van der Waals surface area contributed by atoms with Gasteiger partial charge in [0.1, 0.15) is 5.82 Å². The standard InChI is InChI=1S/C19H27N5O4S/c1-29(27,28)22-9-16-14-7-13(15-3-2-4-18(25)24(15)16)10-23(11-14)17-6-5-12(8-21-17)19(20)26/h5-6,8,13-16,22H,2-4,7,9-11H2,1H3,(H2,20,26)/t13-,14+,15+,16+/m1/s1. The van der Waals surface area contributed by atoms with Crippen LogP contribution in [-0.4, -0.2) is 68.1 Å². The molecular formula is C19H27N5O4S. The Morgan fingerprint density at radius 1 is 1.31 bits per heavy atom. The number of hydrogen-bond acceptors (Lipinski definition) is 6. The van der Waals surface area contributed by atoms with Crippen LogP contribution in [0.15, 0.2) is 18.3 Å². The number of pyridine rings is 1. The molecule has 0 aromatic carbocycles. The van der Waals surface area contributed by atoms with Crippen LogP contribution in [0.1, 0.15) is 36.0 Å². The molecule has 3 aliphatic heterocycles. The number of nitrogens with one attached hydrogen (secondary N) is 1. The fraction of sp³-hybridized carbons (Fsp3) is 0.632. The quantitative estimate of drug-likeness (QED) is 0.686. The van der Waals surface area contributed by atoms with Crippen LogP contribution >= 0.6 is 0 Å². The van der Waals surface area contributed by atoms with Gasteiger partial charge >= 0.3 is 0 Å². The monoisotopic (exact) mass is 421 g/mol. The van der Waals surface area contributed by atoms with Crippen molar-refractivity contribution in [2.45, 2.75) is 37.8 Å². The molecule has 2 bridgehead atoms. The zero-order valence-electron chi connectivity index (χ0n) is 16.5. The summed E-state index contributed by atoms with van der Waals surface area (Å²) in [6.07, 6.45) is 5.96. The molecule has 10 heteroatoms. The van der Waals surface area contributed by atoms with E-state index in [0.29, 0.717) is 24.4 Å². The highest BCUT2D eigenvalue weighted by Gasteiger charge is 2.49. The summed E-state index contributed by atoms with van der Waals surface area (Å²) in [6, 6.07) is 3.45. The molecule has 3 saturated heterocycles. The van der Waals surface area contributed by atoms with Gasteiger partial charge in [-0.3, -0.25) is 9.59 Å². The van der Waals surface area contributed by atoms with Crippen LogP contribution in [-0.2, 0) is 14.8 Å². The van der Waals surface area contributed by atoms with E-state index < -0.39 is 15.9 Å². The number of nitrogens with two attached hydrogens (primary N) is 1. The number of carbonyl (C=O) groups is 2. The first-order valence-electron chi connectivity index (χ1n) is 9.99. The van der Waals surface area contributed by atoms with Gasteiger partial charge in [-0.1, -0.05) is 0 Å². The highest BCUT2D eigenvalue weighted by atomic mass is 32.2. The second-order valence-corrected chi connectivity index (χ2v) is 10.2. The lowest BCUT2D eigenvalue weighted by atomic mass is 9.72. The van der Waals surface area contributed by atoms with Crippen molar-refractivity contribution in [3.8, 4) is 0 Å². The molecule has 0 unspecified atom stereocenters. The molecule has 0 radical (unpaired) electrons. The first kappa shape index (κ1) is 20.1. The summed E-state index contributed by atoms with van der Waals surface area (Å²) in [5, 5.41) is 0. The summed E-state index contributed by atoms with van der Waals surface area (Å²) in [5.74, 6) is 0.871. The Morgan fingerprint density at radius 2 is 2.07 bits per heavy atom. The molecule has 3 aliphatic rings. The fourth-order valence-corrected chi connectivity index (χ4v) is 5.65. The van der Waals surface area contributed by atoms with Gasteiger partial charge in [0.25, 0.3) is 0 Å². The van der Waals surface area contributed by atoms with Gasteiger partial charge in [0, 0.05) is 38.3 Å². The molecule has 158 valence electrons. The molecule has 0 saturated carbocycles. The Hall–Kier alpha value is -2.20. The third-order valence-electron chi connectivity index (χ3n) is 6.41. The summed E-state index contributed by atoms with van der Waals surface area (Å²) in [4.78, 5) is 32.6. The van der Waals surface area contributed by atoms with Gasteiger partial charge in [0.2, 0.25) is 21.8 Å². The van der Waals surface area contributed by atoms with E-state index in [-0.39, 0.29) is 30.5 Å². The van der Waals surface area contributed by atoms with E-state index in [1.54, 1.807) is 12.1 Å². The Balaban J connectivity index is 1.60. The van der Waals surface area contributed by atoms with Crippen LogP contribution in [0.25, 0.3) is 0 Å². The second kappa shape index (κ2) is 7.56. The molecular weight excluding hydrogens is 394 g/mol. The van der Waals surface area contributed by atoms with E-state index >= 15 is 0 Å². The number of sulfonamides is 1. The van der Waals surface area contributed by atoms with Crippen LogP contribution in [0.4, 0.5) is 5.82 Å². The Labute approximate surface area is 170 Å². The molecule has 4 rings (SSSR count). The van der Waals surface area contributed by atoms with Crippen LogP contribution in [0.5, 0.6) is 0 Å². The van der Waals surface area contributed by atoms with Crippen LogP contribution < -0.4 is 15.4 Å². The summed E-state index contributed by atoms with van der Waals surface area (Å²) in [7, 11) is -3.34. The number of aromatic nitrogens is 1. The summed E-state index contributed by atoms with van der Waals surface area (Å²) < 4.78 is 26.0. The maximum atomic E-state index is 12.7. The Bertz CT molecular complexity index is 904. The molecule has 0 aliphatic carbocycles. The Kier molecular flexibility index (Phi) is 5.24. The molecule has 9 nitrogen and oxygen atoms in total. The van der Waals surface area contributed by atoms with Gasteiger partial charge < -0.3 is 15.5 Å². The molecule has 1 aromatic heterocycles. The number of carbonyl (C=O) groups excluding carboxylic acids is 2. The number of anilines is 1. The average Bonchev–Trinajstić information content (AvgIpc) is 2.67. The zero-order chi connectivity index (χ0) is 20.8. The van der Waals surface area contributed by atoms with Gasteiger partial charge in [-0.05, 0) is 43.2 Å². The fourth-order valence-electron chi connectivity index (χ4n) is 5.18. The van der Waals surface area contributed by atoms with Crippen molar-refractivity contribution >= 4 is 27.7 Å². The first-order valence-corrected chi connectivity index (χ1v) is 11.9. The SMILES string of the molecule is CS(=O)(=O)NC[C@H]1[C@H]2C[C@H](CN(c3ccc(C(N)=O)cn3)C2)[C@@H]2CCCC(=O)N21. The minimum absolute atomic E-state index is 0.131. The minimum atomic E-state index is -3.34. The molecule has 4 heterocycles. The highest BCUT2D eigenvalue weighted by Crippen LogP contribution is 2.42. The number of piperidine rings is 3.